The summed E-state index contributed by atoms with van der Waals surface area (Å²) in [5.74, 6) is 0.262. The van der Waals surface area contributed by atoms with E-state index in [0.717, 1.165) is 18.2 Å². The first kappa shape index (κ1) is 19.7. The number of aromatic nitrogens is 3. The molecular formula is C23H25N5O3. The molecule has 2 fully saturated rings. The Balaban J connectivity index is 1.35. The Bertz CT molecular complexity index is 1110. The van der Waals surface area contributed by atoms with Crippen molar-refractivity contribution < 1.29 is 14.6 Å². The Morgan fingerprint density at radius 3 is 2.65 bits per heavy atom. The van der Waals surface area contributed by atoms with Crippen molar-refractivity contribution >= 4 is 16.8 Å². The topological polar surface area (TPSA) is 109 Å². The van der Waals surface area contributed by atoms with E-state index in [1.54, 1.807) is 37.4 Å². The number of nitrogens with one attached hydrogen (secondary N) is 2. The Hall–Kier alpha value is -3.26. The number of nitrogens with zero attached hydrogens (tertiary/aromatic N) is 3. The quantitative estimate of drug-likeness (QED) is 0.597. The highest BCUT2D eigenvalue weighted by molar-refractivity contribution is 5.96. The summed E-state index contributed by atoms with van der Waals surface area (Å²) in [6, 6.07) is 11.5. The molecule has 4 heterocycles. The Kier molecular flexibility index (Phi) is 5.15. The summed E-state index contributed by atoms with van der Waals surface area (Å²) in [5, 5.41) is 26.0. The zero-order chi connectivity index (χ0) is 21.4. The number of pyridine rings is 1. The molecule has 2 saturated heterocycles. The summed E-state index contributed by atoms with van der Waals surface area (Å²) in [4.78, 5) is 16.1. The second-order valence-corrected chi connectivity index (χ2v) is 8.30. The molecule has 2 atom stereocenters. The molecular weight excluding hydrogens is 394 g/mol. The fourth-order valence-corrected chi connectivity index (χ4v) is 4.63. The number of ether oxygens (including phenoxy) is 1. The fourth-order valence-electron chi connectivity index (χ4n) is 4.63. The van der Waals surface area contributed by atoms with Crippen LogP contribution in [0.3, 0.4) is 0 Å². The maximum absolute atomic E-state index is 11.8. The van der Waals surface area contributed by atoms with Crippen molar-refractivity contribution in [3.05, 3.63) is 42.1 Å². The van der Waals surface area contributed by atoms with Gasteiger partial charge in [-0.25, -0.2) is 4.98 Å². The molecule has 1 aromatic carbocycles. The SMILES string of the molecule is CNC(=O)c1ccc2cc(-c3ccc(OC4CC5CCCC(C4)N5)nn3)c(O)cc2n1. The monoisotopic (exact) mass is 419 g/mol. The van der Waals surface area contributed by atoms with Crippen molar-refractivity contribution in [3.8, 4) is 22.9 Å². The van der Waals surface area contributed by atoms with Crippen molar-refractivity contribution in [3.63, 3.8) is 0 Å². The summed E-state index contributed by atoms with van der Waals surface area (Å²) in [7, 11) is 1.55. The van der Waals surface area contributed by atoms with Crippen LogP contribution in [0.15, 0.2) is 36.4 Å². The average Bonchev–Trinajstić information content (AvgIpc) is 2.78. The summed E-state index contributed by atoms with van der Waals surface area (Å²) in [6.07, 6.45) is 5.86. The van der Waals surface area contributed by atoms with E-state index in [1.807, 2.05) is 0 Å². The minimum Gasteiger partial charge on any atom is -0.507 e. The van der Waals surface area contributed by atoms with Gasteiger partial charge in [0.15, 0.2) is 0 Å². The Morgan fingerprint density at radius 1 is 1.13 bits per heavy atom. The van der Waals surface area contributed by atoms with Crippen LogP contribution in [0.25, 0.3) is 22.2 Å². The molecule has 1 amide bonds. The smallest absolute Gasteiger partial charge is 0.269 e. The highest BCUT2D eigenvalue weighted by atomic mass is 16.5. The predicted octanol–water partition coefficient (Wildman–Crippen LogP) is 2.81. The minimum absolute atomic E-state index is 0.0307. The number of carbonyl (C=O) groups excluding carboxylic acids is 1. The van der Waals surface area contributed by atoms with Crippen LogP contribution in [0.5, 0.6) is 11.6 Å². The van der Waals surface area contributed by atoms with Gasteiger partial charge >= 0.3 is 0 Å². The number of phenolic OH excluding ortho intramolecular Hbond substituents is 1. The molecule has 0 saturated carbocycles. The van der Waals surface area contributed by atoms with Crippen molar-refractivity contribution in [2.24, 2.45) is 0 Å². The van der Waals surface area contributed by atoms with E-state index in [4.69, 9.17) is 4.74 Å². The molecule has 2 aliphatic heterocycles. The Labute approximate surface area is 180 Å². The first-order valence-electron chi connectivity index (χ1n) is 10.7. The van der Waals surface area contributed by atoms with Gasteiger partial charge in [-0.1, -0.05) is 12.5 Å². The van der Waals surface area contributed by atoms with Gasteiger partial charge in [-0.05, 0) is 43.9 Å². The minimum atomic E-state index is -0.274. The van der Waals surface area contributed by atoms with Crippen molar-refractivity contribution in [2.75, 3.05) is 7.05 Å². The average molecular weight is 419 g/mol. The number of carbonyl (C=O) groups is 1. The molecule has 0 aliphatic carbocycles. The van der Waals surface area contributed by atoms with Gasteiger partial charge in [-0.3, -0.25) is 4.79 Å². The lowest BCUT2D eigenvalue weighted by atomic mass is 9.85. The summed E-state index contributed by atoms with van der Waals surface area (Å²) in [5.41, 5.74) is 1.93. The zero-order valence-corrected chi connectivity index (χ0v) is 17.3. The number of phenols is 1. The molecule has 0 radical (unpaired) electrons. The normalized spacial score (nSPS) is 22.8. The second kappa shape index (κ2) is 8.11. The first-order chi connectivity index (χ1) is 15.1. The van der Waals surface area contributed by atoms with Crippen LogP contribution < -0.4 is 15.4 Å². The van der Waals surface area contributed by atoms with Gasteiger partial charge in [0.2, 0.25) is 5.88 Å². The molecule has 2 aliphatic rings. The van der Waals surface area contributed by atoms with Crippen molar-refractivity contribution in [2.45, 2.75) is 50.3 Å². The van der Waals surface area contributed by atoms with E-state index in [9.17, 15) is 9.90 Å². The number of hydrogen-bond donors (Lipinski definition) is 3. The van der Waals surface area contributed by atoms with E-state index in [1.165, 1.54) is 25.3 Å². The predicted molar refractivity (Wildman–Crippen MR) is 116 cm³/mol. The van der Waals surface area contributed by atoms with Gasteiger partial charge in [0.25, 0.3) is 5.91 Å². The van der Waals surface area contributed by atoms with Crippen molar-refractivity contribution in [1.82, 2.24) is 25.8 Å². The third-order valence-corrected chi connectivity index (χ3v) is 6.14. The van der Waals surface area contributed by atoms with E-state index in [0.29, 0.717) is 40.4 Å². The van der Waals surface area contributed by atoms with E-state index in [-0.39, 0.29) is 17.8 Å². The van der Waals surface area contributed by atoms with Gasteiger partial charge in [0.05, 0.1) is 11.2 Å². The van der Waals surface area contributed by atoms with E-state index >= 15 is 0 Å². The lowest BCUT2D eigenvalue weighted by Crippen LogP contribution is -2.51. The number of amides is 1. The third kappa shape index (κ3) is 4.03. The lowest BCUT2D eigenvalue weighted by Gasteiger charge is -2.39. The fraction of sp³-hybridized carbons (Fsp3) is 0.391. The lowest BCUT2D eigenvalue weighted by molar-refractivity contribution is 0.0881. The third-order valence-electron chi connectivity index (χ3n) is 6.14. The maximum atomic E-state index is 11.8. The molecule has 31 heavy (non-hydrogen) atoms. The Morgan fingerprint density at radius 2 is 1.94 bits per heavy atom. The molecule has 160 valence electrons. The molecule has 2 bridgehead atoms. The number of piperidine rings is 2. The van der Waals surface area contributed by atoms with Gasteiger partial charge < -0.3 is 20.5 Å². The van der Waals surface area contributed by atoms with Crippen molar-refractivity contribution in [1.29, 1.82) is 0 Å². The number of fused-ring (bicyclic) bond motifs is 3. The summed E-state index contributed by atoms with van der Waals surface area (Å²) < 4.78 is 6.11. The van der Waals surface area contributed by atoms with Crippen LogP contribution in [0.2, 0.25) is 0 Å². The highest BCUT2D eigenvalue weighted by Crippen LogP contribution is 2.33. The molecule has 5 rings (SSSR count). The van der Waals surface area contributed by atoms with Crippen LogP contribution in [0, 0.1) is 0 Å². The van der Waals surface area contributed by atoms with Gasteiger partial charge in [-0.15, -0.1) is 10.2 Å². The van der Waals surface area contributed by atoms with E-state index < -0.39 is 0 Å². The second-order valence-electron chi connectivity index (χ2n) is 8.30. The van der Waals surface area contributed by atoms with Crippen LogP contribution in [0.1, 0.15) is 42.6 Å². The number of hydrogen-bond acceptors (Lipinski definition) is 7. The molecule has 3 aromatic rings. The van der Waals surface area contributed by atoms with Gasteiger partial charge in [-0.2, -0.15) is 0 Å². The molecule has 8 heteroatoms. The number of benzene rings is 1. The zero-order valence-electron chi connectivity index (χ0n) is 17.3. The standard InChI is InChI=1S/C23H25N5O3/c1-24-23(30)19-6-5-13-9-17(21(29)12-20(13)26-19)18-7-8-22(28-27-18)31-16-10-14-3-2-4-15(11-16)25-14/h5-9,12,14-16,25,29H,2-4,10-11H2,1H3,(H,24,30). The van der Waals surface area contributed by atoms with E-state index in [2.05, 4.69) is 25.8 Å². The molecule has 8 nitrogen and oxygen atoms in total. The molecule has 2 aromatic heterocycles. The van der Waals surface area contributed by atoms with Crippen LogP contribution >= 0.6 is 0 Å². The molecule has 2 unspecified atom stereocenters. The first-order valence-corrected chi connectivity index (χ1v) is 10.7. The van der Waals surface area contributed by atoms with Gasteiger partial charge in [0, 0.05) is 42.2 Å². The summed E-state index contributed by atoms with van der Waals surface area (Å²) in [6.45, 7) is 0. The largest absolute Gasteiger partial charge is 0.507 e. The van der Waals surface area contributed by atoms with Gasteiger partial charge in [0.1, 0.15) is 17.5 Å². The molecule has 3 N–H and O–H groups in total. The molecule has 0 spiro atoms. The van der Waals surface area contributed by atoms with Crippen LogP contribution in [0.4, 0.5) is 0 Å². The maximum Gasteiger partial charge on any atom is 0.269 e. The van der Waals surface area contributed by atoms with Crippen LogP contribution in [-0.4, -0.2) is 51.4 Å². The highest BCUT2D eigenvalue weighted by Gasteiger charge is 2.32. The summed E-state index contributed by atoms with van der Waals surface area (Å²) >= 11 is 0. The van der Waals surface area contributed by atoms with Crippen LogP contribution in [-0.2, 0) is 0 Å². The number of aromatic hydroxyl groups is 1. The number of rotatable bonds is 4.